The van der Waals surface area contributed by atoms with Crippen molar-refractivity contribution in [1.29, 1.82) is 0 Å². The van der Waals surface area contributed by atoms with E-state index in [-0.39, 0.29) is 23.3 Å². The molecule has 3 rings (SSSR count). The quantitative estimate of drug-likeness (QED) is 0.242. The number of hydrogen-bond donors (Lipinski definition) is 2. The second-order valence-electron chi connectivity index (χ2n) is 9.76. The van der Waals surface area contributed by atoms with E-state index in [2.05, 4.69) is 94.1 Å². The van der Waals surface area contributed by atoms with Crippen molar-refractivity contribution < 1.29 is 9.53 Å². The molecule has 0 saturated heterocycles. The summed E-state index contributed by atoms with van der Waals surface area (Å²) in [5.74, 6) is 0.257. The van der Waals surface area contributed by atoms with Crippen LogP contribution < -0.4 is 10.2 Å². The molecule has 3 aromatic rings. The largest absolute Gasteiger partial charge is 0.481 e. The zero-order chi connectivity index (χ0) is 23.5. The van der Waals surface area contributed by atoms with Crippen LogP contribution in [0.1, 0.15) is 52.2 Å². The average Bonchev–Trinajstić information content (AvgIpc) is 3.08. The molecule has 0 bridgehead atoms. The third-order valence-electron chi connectivity index (χ3n) is 5.11. The SMILES string of the molecule is CC(C)(C)CC(C)(C)c1cc(Br)c(OCC(=O)N/N=C/c2c[nH]c3ccccc23)c(Br)c1. The zero-order valence-electron chi connectivity index (χ0n) is 19.1. The number of rotatable bonds is 7. The molecule has 2 N–H and O–H groups in total. The number of ether oxygens (including phenoxy) is 1. The minimum absolute atomic E-state index is 0.00366. The Balaban J connectivity index is 1.62. The summed E-state index contributed by atoms with van der Waals surface area (Å²) in [7, 11) is 0. The minimum atomic E-state index is -0.336. The summed E-state index contributed by atoms with van der Waals surface area (Å²) in [5.41, 5.74) is 5.85. The van der Waals surface area contributed by atoms with E-state index in [1.165, 1.54) is 5.56 Å². The van der Waals surface area contributed by atoms with E-state index >= 15 is 0 Å². The fraction of sp³-hybridized carbons (Fsp3) is 0.360. The van der Waals surface area contributed by atoms with Crippen LogP contribution in [-0.2, 0) is 10.2 Å². The Hall–Kier alpha value is -2.12. The Labute approximate surface area is 206 Å². The van der Waals surface area contributed by atoms with Crippen molar-refractivity contribution in [3.05, 3.63) is 62.7 Å². The maximum atomic E-state index is 12.2. The summed E-state index contributed by atoms with van der Waals surface area (Å²) < 4.78 is 7.38. The van der Waals surface area contributed by atoms with Gasteiger partial charge in [-0.3, -0.25) is 4.79 Å². The van der Waals surface area contributed by atoms with Gasteiger partial charge in [0.05, 0.1) is 15.2 Å². The molecule has 0 aliphatic rings. The summed E-state index contributed by atoms with van der Waals surface area (Å²) in [5, 5.41) is 5.10. The molecule has 0 radical (unpaired) electrons. The first-order valence-corrected chi connectivity index (χ1v) is 12.1. The number of para-hydroxylation sites is 1. The number of halogens is 2. The molecule has 0 atom stereocenters. The maximum absolute atomic E-state index is 12.2. The van der Waals surface area contributed by atoms with Gasteiger partial charge in [0.1, 0.15) is 5.75 Å². The number of hydrogen-bond acceptors (Lipinski definition) is 3. The van der Waals surface area contributed by atoms with Crippen molar-refractivity contribution in [2.24, 2.45) is 10.5 Å². The zero-order valence-corrected chi connectivity index (χ0v) is 22.2. The van der Waals surface area contributed by atoms with Gasteiger partial charge in [-0.25, -0.2) is 5.43 Å². The van der Waals surface area contributed by atoms with Crippen molar-refractivity contribution in [2.75, 3.05) is 6.61 Å². The van der Waals surface area contributed by atoms with Gasteiger partial charge in [0.15, 0.2) is 6.61 Å². The van der Waals surface area contributed by atoms with E-state index in [1.54, 1.807) is 6.21 Å². The predicted octanol–water partition coefficient (Wildman–Crippen LogP) is 6.94. The number of benzene rings is 2. The number of aromatic nitrogens is 1. The Bertz CT molecular complexity index is 1120. The van der Waals surface area contributed by atoms with Crippen molar-refractivity contribution in [2.45, 2.75) is 46.5 Å². The highest BCUT2D eigenvalue weighted by molar-refractivity contribution is 9.11. The van der Waals surface area contributed by atoms with Crippen LogP contribution in [0.4, 0.5) is 0 Å². The third kappa shape index (κ3) is 6.23. The molecular formula is C25H29Br2N3O2. The summed E-state index contributed by atoms with van der Waals surface area (Å²) >= 11 is 7.20. The number of nitrogens with zero attached hydrogens (tertiary/aromatic N) is 1. The monoisotopic (exact) mass is 561 g/mol. The normalized spacial score (nSPS) is 12.5. The summed E-state index contributed by atoms with van der Waals surface area (Å²) in [4.78, 5) is 15.4. The first-order valence-electron chi connectivity index (χ1n) is 10.5. The molecule has 0 fully saturated rings. The van der Waals surface area contributed by atoms with Gasteiger partial charge in [0.25, 0.3) is 5.91 Å². The fourth-order valence-corrected chi connectivity index (χ4v) is 5.48. The fourth-order valence-electron chi connectivity index (χ4n) is 4.06. The van der Waals surface area contributed by atoms with Crippen LogP contribution in [0.25, 0.3) is 10.9 Å². The molecule has 1 amide bonds. The Morgan fingerprint density at radius 1 is 1.12 bits per heavy atom. The molecule has 5 nitrogen and oxygen atoms in total. The van der Waals surface area contributed by atoms with Crippen molar-refractivity contribution in [1.82, 2.24) is 10.4 Å². The molecule has 0 spiro atoms. The molecule has 32 heavy (non-hydrogen) atoms. The molecule has 7 heteroatoms. The van der Waals surface area contributed by atoms with Crippen LogP contribution in [0, 0.1) is 5.41 Å². The van der Waals surface area contributed by atoms with Crippen LogP contribution in [0.15, 0.2) is 56.6 Å². The van der Waals surface area contributed by atoms with Crippen LogP contribution in [0.5, 0.6) is 5.75 Å². The Morgan fingerprint density at radius 3 is 2.44 bits per heavy atom. The van der Waals surface area contributed by atoms with Crippen LogP contribution >= 0.6 is 31.9 Å². The molecular weight excluding hydrogens is 534 g/mol. The average molecular weight is 563 g/mol. The number of amides is 1. The van der Waals surface area contributed by atoms with E-state index in [1.807, 2.05) is 30.5 Å². The molecule has 1 aromatic heterocycles. The smallest absolute Gasteiger partial charge is 0.277 e. The topological polar surface area (TPSA) is 66.5 Å². The molecule has 0 saturated carbocycles. The summed E-state index contributed by atoms with van der Waals surface area (Å²) in [6.07, 6.45) is 4.51. The molecule has 0 aliphatic carbocycles. The number of carbonyl (C=O) groups is 1. The van der Waals surface area contributed by atoms with Crippen LogP contribution in [0.2, 0.25) is 0 Å². The highest BCUT2D eigenvalue weighted by Crippen LogP contribution is 2.42. The predicted molar refractivity (Wildman–Crippen MR) is 138 cm³/mol. The first kappa shape index (κ1) is 24.5. The third-order valence-corrected chi connectivity index (χ3v) is 6.29. The number of hydrazone groups is 1. The van der Waals surface area contributed by atoms with Crippen molar-refractivity contribution >= 4 is 54.9 Å². The number of aromatic amines is 1. The van der Waals surface area contributed by atoms with Crippen molar-refractivity contribution in [3.8, 4) is 5.75 Å². The maximum Gasteiger partial charge on any atom is 0.277 e. The molecule has 2 aromatic carbocycles. The summed E-state index contributed by atoms with van der Waals surface area (Å²) in [6, 6.07) is 12.1. The van der Waals surface area contributed by atoms with E-state index < -0.39 is 0 Å². The Kier molecular flexibility index (Phi) is 7.50. The van der Waals surface area contributed by atoms with E-state index in [0.29, 0.717) is 5.75 Å². The second-order valence-corrected chi connectivity index (χ2v) is 11.5. The lowest BCUT2D eigenvalue weighted by atomic mass is 9.72. The first-order chi connectivity index (χ1) is 15.0. The summed E-state index contributed by atoms with van der Waals surface area (Å²) in [6.45, 7) is 11.1. The minimum Gasteiger partial charge on any atom is -0.481 e. The molecule has 0 aliphatic heterocycles. The number of fused-ring (bicyclic) bond motifs is 1. The van der Waals surface area contributed by atoms with Gasteiger partial charge >= 0.3 is 0 Å². The van der Waals surface area contributed by atoms with Gasteiger partial charge in [-0.2, -0.15) is 5.10 Å². The Morgan fingerprint density at radius 2 is 1.78 bits per heavy atom. The van der Waals surface area contributed by atoms with Gasteiger partial charge in [0, 0.05) is 22.7 Å². The van der Waals surface area contributed by atoms with Crippen LogP contribution in [0.3, 0.4) is 0 Å². The van der Waals surface area contributed by atoms with Gasteiger partial charge in [0.2, 0.25) is 0 Å². The van der Waals surface area contributed by atoms with E-state index in [9.17, 15) is 4.79 Å². The van der Waals surface area contributed by atoms with Gasteiger partial charge < -0.3 is 9.72 Å². The highest BCUT2D eigenvalue weighted by atomic mass is 79.9. The van der Waals surface area contributed by atoms with Gasteiger partial charge in [-0.05, 0) is 72.9 Å². The number of carbonyl (C=O) groups excluding carboxylic acids is 1. The molecule has 1 heterocycles. The van der Waals surface area contributed by atoms with Crippen LogP contribution in [-0.4, -0.2) is 23.7 Å². The molecule has 170 valence electrons. The number of H-pyrrole nitrogens is 1. The lowest BCUT2D eigenvalue weighted by Gasteiger charge is -2.33. The highest BCUT2D eigenvalue weighted by Gasteiger charge is 2.28. The van der Waals surface area contributed by atoms with Gasteiger partial charge in [-0.15, -0.1) is 0 Å². The molecule has 0 unspecified atom stereocenters. The van der Waals surface area contributed by atoms with E-state index in [4.69, 9.17) is 4.74 Å². The lowest BCUT2D eigenvalue weighted by molar-refractivity contribution is -0.123. The number of nitrogens with one attached hydrogen (secondary N) is 2. The lowest BCUT2D eigenvalue weighted by Crippen LogP contribution is -2.26. The van der Waals surface area contributed by atoms with Gasteiger partial charge in [-0.1, -0.05) is 52.8 Å². The van der Waals surface area contributed by atoms with E-state index in [0.717, 1.165) is 31.8 Å². The standard InChI is InChI=1S/C25H29Br2N3O2/c1-24(2,3)15-25(4,5)17-10-19(26)23(20(27)11-17)32-14-22(31)30-29-13-16-12-28-21-9-7-6-8-18(16)21/h6-13,28H,14-15H2,1-5H3,(H,30,31)/b29-13+. The second kappa shape index (κ2) is 9.79. The van der Waals surface area contributed by atoms with Crippen molar-refractivity contribution in [3.63, 3.8) is 0 Å².